The quantitative estimate of drug-likeness (QED) is 0.410. The summed E-state index contributed by atoms with van der Waals surface area (Å²) in [6.45, 7) is 3.75. The van der Waals surface area contributed by atoms with Crippen molar-refractivity contribution in [3.63, 3.8) is 0 Å². The van der Waals surface area contributed by atoms with Crippen molar-refractivity contribution >= 4 is 15.4 Å². The Morgan fingerprint density at radius 3 is 2.45 bits per heavy atom. The average Bonchev–Trinajstić information content (AvgIpc) is 2.36. The Labute approximate surface area is 120 Å². The Morgan fingerprint density at radius 1 is 1.50 bits per heavy atom. The zero-order chi connectivity index (χ0) is 16.0. The first-order valence-corrected chi connectivity index (χ1v) is 8.06. The van der Waals surface area contributed by atoms with E-state index < -0.39 is 37.8 Å². The SMILES string of the molecule is [B][C@H](OCCC(C)(CC)OP(=O)(O)C(C)O)[C@H](F)CO. The summed E-state index contributed by atoms with van der Waals surface area (Å²) in [6, 6.07) is -1.26. The highest BCUT2D eigenvalue weighted by Crippen LogP contribution is 2.51. The van der Waals surface area contributed by atoms with Gasteiger partial charge in [-0.15, -0.1) is 0 Å². The van der Waals surface area contributed by atoms with Crippen molar-refractivity contribution < 1.29 is 33.3 Å². The molecule has 0 aromatic rings. The Bertz CT molecular complexity index is 332. The van der Waals surface area contributed by atoms with Gasteiger partial charge in [-0.1, -0.05) is 6.92 Å². The van der Waals surface area contributed by atoms with Gasteiger partial charge in [0.1, 0.15) is 14.0 Å². The minimum atomic E-state index is -4.14. The smallest absolute Gasteiger partial charge is 0.356 e. The van der Waals surface area contributed by atoms with Gasteiger partial charge < -0.3 is 24.4 Å². The first kappa shape index (κ1) is 20.0. The highest BCUT2D eigenvalue weighted by molar-refractivity contribution is 7.53. The zero-order valence-corrected chi connectivity index (χ0v) is 12.9. The van der Waals surface area contributed by atoms with Gasteiger partial charge in [0.15, 0.2) is 5.85 Å². The maximum Gasteiger partial charge on any atom is 0.356 e. The van der Waals surface area contributed by atoms with Crippen LogP contribution in [0.4, 0.5) is 4.39 Å². The fourth-order valence-electron chi connectivity index (χ4n) is 1.30. The summed E-state index contributed by atoms with van der Waals surface area (Å²) >= 11 is 0. The number of rotatable bonds is 10. The van der Waals surface area contributed by atoms with Crippen molar-refractivity contribution in [2.24, 2.45) is 0 Å². The van der Waals surface area contributed by atoms with Gasteiger partial charge in [-0.05, 0) is 26.7 Å². The fourth-order valence-corrected chi connectivity index (χ4v) is 2.30. The maximum atomic E-state index is 13.0. The largest absolute Gasteiger partial charge is 0.393 e. The molecule has 6 nitrogen and oxygen atoms in total. The molecule has 0 spiro atoms. The van der Waals surface area contributed by atoms with Gasteiger partial charge in [-0.25, -0.2) is 4.39 Å². The third-order valence-electron chi connectivity index (χ3n) is 3.04. The van der Waals surface area contributed by atoms with Crippen LogP contribution in [0.3, 0.4) is 0 Å². The average molecular weight is 312 g/mol. The highest BCUT2D eigenvalue weighted by Gasteiger charge is 2.36. The van der Waals surface area contributed by atoms with Crippen LogP contribution in [0.1, 0.15) is 33.6 Å². The molecule has 0 aliphatic heterocycles. The van der Waals surface area contributed by atoms with Crippen molar-refractivity contribution in [1.29, 1.82) is 0 Å². The van der Waals surface area contributed by atoms with Crippen molar-refractivity contribution in [3.05, 3.63) is 0 Å². The number of hydrogen-bond donors (Lipinski definition) is 3. The molecule has 20 heavy (non-hydrogen) atoms. The minimum absolute atomic E-state index is 0.00820. The predicted octanol–water partition coefficient (Wildman–Crippen LogP) is 0.927. The number of aliphatic hydroxyl groups is 2. The molecule has 0 bridgehead atoms. The van der Waals surface area contributed by atoms with Crippen LogP contribution >= 0.6 is 7.60 Å². The Morgan fingerprint density at radius 2 is 2.05 bits per heavy atom. The normalized spacial score (nSPS) is 22.6. The standard InChI is InChI=1S/C11H23BFO6P/c1-4-11(3,19-20(16,17)8(2)15)5-6-18-10(12)9(13)7-14/h8-10,14-15H,4-7H2,1-3H3,(H,16,17)/t8?,9-,10-,11?/m1/s1. The second kappa shape index (κ2) is 8.46. The molecular weight excluding hydrogens is 289 g/mol. The van der Waals surface area contributed by atoms with Crippen LogP contribution in [0.15, 0.2) is 0 Å². The molecule has 118 valence electrons. The van der Waals surface area contributed by atoms with E-state index in [4.69, 9.17) is 22.2 Å². The van der Waals surface area contributed by atoms with Crippen LogP contribution < -0.4 is 0 Å². The van der Waals surface area contributed by atoms with E-state index in [9.17, 15) is 19.0 Å². The third-order valence-corrected chi connectivity index (χ3v) is 4.69. The topological polar surface area (TPSA) is 96.2 Å². The fraction of sp³-hybridized carbons (Fsp3) is 1.00. The van der Waals surface area contributed by atoms with E-state index >= 15 is 0 Å². The van der Waals surface area contributed by atoms with Gasteiger partial charge in [-0.2, -0.15) is 0 Å². The summed E-state index contributed by atoms with van der Waals surface area (Å²) in [5.41, 5.74) is -1.01. The lowest BCUT2D eigenvalue weighted by Gasteiger charge is -2.32. The lowest BCUT2D eigenvalue weighted by atomic mass is 9.95. The van der Waals surface area contributed by atoms with Gasteiger partial charge in [0.2, 0.25) is 0 Å². The molecule has 0 aromatic carbocycles. The zero-order valence-electron chi connectivity index (χ0n) is 12.0. The molecule has 9 heteroatoms. The van der Waals surface area contributed by atoms with Crippen LogP contribution in [0.2, 0.25) is 0 Å². The molecule has 0 aromatic heterocycles. The molecule has 3 unspecified atom stereocenters. The first-order chi connectivity index (χ1) is 9.08. The number of alkyl halides is 1. The number of halogens is 1. The molecule has 0 aliphatic rings. The van der Waals surface area contributed by atoms with Crippen LogP contribution in [-0.4, -0.2) is 59.8 Å². The molecule has 0 amide bonds. The van der Waals surface area contributed by atoms with Crippen molar-refractivity contribution in [3.8, 4) is 0 Å². The second-order valence-electron chi connectivity index (χ2n) is 4.87. The summed E-state index contributed by atoms with van der Waals surface area (Å²) < 4.78 is 34.7. The van der Waals surface area contributed by atoms with E-state index in [1.165, 1.54) is 0 Å². The highest BCUT2D eigenvalue weighted by atomic mass is 31.2. The minimum Gasteiger partial charge on any atom is -0.393 e. The van der Waals surface area contributed by atoms with E-state index in [1.807, 2.05) is 0 Å². The van der Waals surface area contributed by atoms with E-state index in [-0.39, 0.29) is 13.0 Å². The number of aliphatic hydroxyl groups excluding tert-OH is 2. The molecule has 0 rings (SSSR count). The molecule has 2 radical (unpaired) electrons. The molecule has 0 aliphatic carbocycles. The second-order valence-corrected chi connectivity index (χ2v) is 6.93. The van der Waals surface area contributed by atoms with Crippen molar-refractivity contribution in [2.45, 2.75) is 57.2 Å². The van der Waals surface area contributed by atoms with Crippen LogP contribution in [-0.2, 0) is 13.8 Å². The summed E-state index contributed by atoms with van der Waals surface area (Å²) in [4.78, 5) is 9.52. The van der Waals surface area contributed by atoms with Gasteiger partial charge in [0.25, 0.3) is 0 Å². The van der Waals surface area contributed by atoms with E-state index in [0.717, 1.165) is 6.92 Å². The molecule has 0 saturated carbocycles. The van der Waals surface area contributed by atoms with Gasteiger partial charge in [0.05, 0.1) is 12.2 Å². The summed E-state index contributed by atoms with van der Waals surface area (Å²) in [5, 5.41) is 17.8. The van der Waals surface area contributed by atoms with Crippen molar-refractivity contribution in [1.82, 2.24) is 0 Å². The lowest BCUT2D eigenvalue weighted by Crippen LogP contribution is -2.33. The van der Waals surface area contributed by atoms with Crippen LogP contribution in [0.25, 0.3) is 0 Å². The van der Waals surface area contributed by atoms with Crippen LogP contribution in [0.5, 0.6) is 0 Å². The Balaban J connectivity index is 4.43. The molecule has 0 fully saturated rings. The number of hydrogen-bond acceptors (Lipinski definition) is 5. The van der Waals surface area contributed by atoms with E-state index in [2.05, 4.69) is 0 Å². The monoisotopic (exact) mass is 312 g/mol. The molecule has 5 atom stereocenters. The van der Waals surface area contributed by atoms with Crippen molar-refractivity contribution in [2.75, 3.05) is 13.2 Å². The maximum absolute atomic E-state index is 13.0. The third kappa shape index (κ3) is 6.65. The Hall–Kier alpha value is 0.0249. The summed E-state index contributed by atoms with van der Waals surface area (Å²) in [6.07, 6.45) is -1.11. The van der Waals surface area contributed by atoms with Crippen LogP contribution in [0, 0.1) is 0 Å². The summed E-state index contributed by atoms with van der Waals surface area (Å²) in [7, 11) is 1.20. The Kier molecular flexibility index (Phi) is 8.47. The molecule has 0 heterocycles. The molecular formula is C11H23BFO6P. The van der Waals surface area contributed by atoms with Gasteiger partial charge in [-0.3, -0.25) is 4.57 Å². The predicted molar refractivity (Wildman–Crippen MR) is 73.4 cm³/mol. The van der Waals surface area contributed by atoms with Gasteiger partial charge >= 0.3 is 7.60 Å². The number of ether oxygens (including phenoxy) is 1. The van der Waals surface area contributed by atoms with E-state index in [0.29, 0.717) is 6.42 Å². The lowest BCUT2D eigenvalue weighted by molar-refractivity contribution is -0.0147. The first-order valence-electron chi connectivity index (χ1n) is 6.41. The van der Waals surface area contributed by atoms with Gasteiger partial charge in [0, 0.05) is 12.6 Å². The molecule has 0 saturated heterocycles. The molecule has 3 N–H and O–H groups in total. The summed E-state index contributed by atoms with van der Waals surface area (Å²) in [5.74, 6) is -1.50. The van der Waals surface area contributed by atoms with E-state index in [1.54, 1.807) is 13.8 Å².